The van der Waals surface area contributed by atoms with Gasteiger partial charge in [-0.3, -0.25) is 9.59 Å². The molecule has 40 heavy (non-hydrogen) atoms. The molecule has 0 unspecified atom stereocenters. The number of hydrogen-bond donors (Lipinski definition) is 1. The Kier molecular flexibility index (Phi) is 10.9. The number of esters is 2. The molecule has 0 aliphatic heterocycles. The Morgan fingerprint density at radius 1 is 1.00 bits per heavy atom. The van der Waals surface area contributed by atoms with E-state index in [1.54, 1.807) is 24.3 Å². The summed E-state index contributed by atoms with van der Waals surface area (Å²) < 4.78 is 40.9. The van der Waals surface area contributed by atoms with Crippen molar-refractivity contribution < 1.29 is 42.4 Å². The van der Waals surface area contributed by atoms with E-state index >= 15 is 0 Å². The van der Waals surface area contributed by atoms with Gasteiger partial charge in [-0.25, -0.2) is 13.6 Å². The molecule has 0 spiro atoms. The second-order valence-electron chi connectivity index (χ2n) is 8.88. The zero-order chi connectivity index (χ0) is 29.2. The summed E-state index contributed by atoms with van der Waals surface area (Å²) in [5.74, 6) is -1.00. The number of benzene rings is 2. The number of methoxy groups -OCH3 is 2. The van der Waals surface area contributed by atoms with Crippen LogP contribution in [0.4, 0.5) is 8.78 Å². The number of halogens is 3. The van der Waals surface area contributed by atoms with Gasteiger partial charge in [-0.15, -0.1) is 0 Å². The fraction of sp³-hybridized carbons (Fsp3) is 0.321. The van der Waals surface area contributed by atoms with Gasteiger partial charge in [0.1, 0.15) is 35.1 Å². The molecule has 12 heteroatoms. The molecule has 0 radical (unpaired) electrons. The summed E-state index contributed by atoms with van der Waals surface area (Å²) >= 11 is 5.36. The van der Waals surface area contributed by atoms with Crippen LogP contribution in [-0.2, 0) is 19.1 Å². The van der Waals surface area contributed by atoms with Crippen molar-refractivity contribution in [1.29, 1.82) is 0 Å². The Balaban J connectivity index is 0.000000180. The van der Waals surface area contributed by atoms with E-state index in [0.29, 0.717) is 5.76 Å². The van der Waals surface area contributed by atoms with Crippen molar-refractivity contribution in [3.63, 3.8) is 0 Å². The summed E-state index contributed by atoms with van der Waals surface area (Å²) in [6, 6.07) is 12.0. The molecule has 0 saturated heterocycles. The summed E-state index contributed by atoms with van der Waals surface area (Å²) in [7, 11) is 2.58. The molecule has 2 aromatic carbocycles. The number of carbonyl (C=O) groups is 3. The van der Waals surface area contributed by atoms with Crippen molar-refractivity contribution in [3.8, 4) is 11.3 Å². The largest absolute Gasteiger partial charge is 0.469 e. The molecule has 2 saturated carbocycles. The van der Waals surface area contributed by atoms with Crippen LogP contribution in [0.3, 0.4) is 0 Å². The van der Waals surface area contributed by atoms with E-state index in [1.807, 2.05) is 0 Å². The average molecular weight is 577 g/mol. The SMILES string of the molecule is COC(=O)CC(=O)C1CC1.COC(=O)c1c(-c2ccccc2F)noc1C1CC1.O/N=C(\Cl)c1ccccc1F. The van der Waals surface area contributed by atoms with Gasteiger partial charge in [-0.2, -0.15) is 0 Å². The average Bonchev–Trinajstić information content (AvgIpc) is 3.91. The summed E-state index contributed by atoms with van der Waals surface area (Å²) in [5, 5.41) is 14.5. The number of Topliss-reactive ketones (excluding diaryl/α,β-unsaturated/α-hetero) is 1. The fourth-order valence-electron chi connectivity index (χ4n) is 3.51. The van der Waals surface area contributed by atoms with Gasteiger partial charge in [0, 0.05) is 17.4 Å². The number of oxime groups is 1. The monoisotopic (exact) mass is 576 g/mol. The van der Waals surface area contributed by atoms with Gasteiger partial charge in [0.05, 0.1) is 19.8 Å². The Hall–Kier alpha value is -4.12. The lowest BCUT2D eigenvalue weighted by molar-refractivity contribution is -0.143. The zero-order valence-corrected chi connectivity index (χ0v) is 22.5. The highest BCUT2D eigenvalue weighted by molar-refractivity contribution is 6.69. The summed E-state index contributed by atoms with van der Waals surface area (Å²) in [6.45, 7) is 0. The van der Waals surface area contributed by atoms with E-state index in [9.17, 15) is 23.2 Å². The lowest BCUT2D eigenvalue weighted by Crippen LogP contribution is -2.10. The summed E-state index contributed by atoms with van der Waals surface area (Å²) in [5.41, 5.74) is 0.803. The van der Waals surface area contributed by atoms with Crippen LogP contribution in [0, 0.1) is 17.6 Å². The van der Waals surface area contributed by atoms with Crippen LogP contribution in [0.5, 0.6) is 0 Å². The Morgan fingerprint density at radius 2 is 1.62 bits per heavy atom. The van der Waals surface area contributed by atoms with E-state index in [4.69, 9.17) is 26.1 Å². The van der Waals surface area contributed by atoms with Crippen LogP contribution < -0.4 is 0 Å². The van der Waals surface area contributed by atoms with Crippen LogP contribution in [0.1, 0.15) is 59.7 Å². The molecule has 1 N–H and O–H groups in total. The second kappa shape index (κ2) is 14.3. The first-order chi connectivity index (χ1) is 19.2. The second-order valence-corrected chi connectivity index (χ2v) is 9.24. The molecule has 0 amide bonds. The van der Waals surface area contributed by atoms with Gasteiger partial charge < -0.3 is 19.2 Å². The number of aromatic nitrogens is 1. The molecule has 0 atom stereocenters. The molecule has 2 aliphatic carbocycles. The van der Waals surface area contributed by atoms with Gasteiger partial charge in [-0.05, 0) is 49.9 Å². The van der Waals surface area contributed by atoms with E-state index < -0.39 is 23.6 Å². The lowest BCUT2D eigenvalue weighted by Gasteiger charge is -2.02. The maximum atomic E-state index is 13.8. The van der Waals surface area contributed by atoms with Gasteiger partial charge in [0.15, 0.2) is 10.9 Å². The summed E-state index contributed by atoms with van der Waals surface area (Å²) in [4.78, 5) is 33.3. The third-order valence-corrected chi connectivity index (χ3v) is 6.23. The first kappa shape index (κ1) is 30.4. The minimum atomic E-state index is -0.540. The third kappa shape index (κ3) is 8.19. The van der Waals surface area contributed by atoms with E-state index in [0.717, 1.165) is 25.7 Å². The molecule has 3 aromatic rings. The minimum Gasteiger partial charge on any atom is -0.469 e. The predicted molar refractivity (Wildman–Crippen MR) is 140 cm³/mol. The highest BCUT2D eigenvalue weighted by atomic mass is 35.5. The van der Waals surface area contributed by atoms with Crippen molar-refractivity contribution in [2.45, 2.75) is 38.0 Å². The van der Waals surface area contributed by atoms with Crippen molar-refractivity contribution in [2.24, 2.45) is 11.1 Å². The number of ketones is 1. The number of nitrogens with zero attached hydrogens (tertiary/aromatic N) is 2. The van der Waals surface area contributed by atoms with Crippen LogP contribution in [-0.4, -0.2) is 47.5 Å². The fourth-order valence-corrected chi connectivity index (χ4v) is 3.66. The smallest absolute Gasteiger partial charge is 0.343 e. The van der Waals surface area contributed by atoms with Crippen LogP contribution in [0.15, 0.2) is 58.2 Å². The van der Waals surface area contributed by atoms with E-state index in [-0.39, 0.29) is 51.6 Å². The molecule has 1 heterocycles. The highest BCUT2D eigenvalue weighted by Crippen LogP contribution is 2.44. The molecule has 212 valence electrons. The zero-order valence-electron chi connectivity index (χ0n) is 21.7. The molecule has 9 nitrogen and oxygen atoms in total. The van der Waals surface area contributed by atoms with Crippen molar-refractivity contribution >= 4 is 34.5 Å². The van der Waals surface area contributed by atoms with E-state index in [2.05, 4.69) is 15.0 Å². The number of ether oxygens (including phenoxy) is 2. The maximum Gasteiger partial charge on any atom is 0.343 e. The summed E-state index contributed by atoms with van der Waals surface area (Å²) in [6.07, 6.45) is 3.78. The first-order valence-corrected chi connectivity index (χ1v) is 12.6. The quantitative estimate of drug-likeness (QED) is 0.121. The Labute approximate surface area is 233 Å². The van der Waals surface area contributed by atoms with Gasteiger partial charge in [-0.1, -0.05) is 46.2 Å². The molecule has 2 aliphatic rings. The van der Waals surface area contributed by atoms with Crippen LogP contribution in [0.25, 0.3) is 11.3 Å². The standard InChI is InChI=1S/C14H12FNO3.C7H5ClFNO.C7H10O3/c1-18-14(17)11-12(9-4-2-3-5-10(9)15)16-19-13(11)8-6-7-8;8-7(10-11)5-3-1-2-4-6(5)9;1-10-7(9)4-6(8)5-2-3-5/h2-5,8H,6-7H2,1H3;1-4,11H;5H,2-4H2,1H3/b;10-7-;. The van der Waals surface area contributed by atoms with Gasteiger partial charge in [0.2, 0.25) is 0 Å². The van der Waals surface area contributed by atoms with Gasteiger partial charge >= 0.3 is 11.9 Å². The molecular formula is C28H27ClF2N2O7. The molecule has 0 bridgehead atoms. The van der Waals surface area contributed by atoms with Crippen molar-refractivity contribution in [2.75, 3.05) is 14.2 Å². The number of carbonyl (C=O) groups excluding carboxylic acids is 3. The predicted octanol–water partition coefficient (Wildman–Crippen LogP) is 5.87. The molecule has 2 fully saturated rings. The third-order valence-electron chi connectivity index (χ3n) is 5.95. The minimum absolute atomic E-state index is 0.0341. The first-order valence-electron chi connectivity index (χ1n) is 12.3. The molecule has 1 aromatic heterocycles. The van der Waals surface area contributed by atoms with Crippen LogP contribution >= 0.6 is 11.6 Å². The van der Waals surface area contributed by atoms with Crippen molar-refractivity contribution in [1.82, 2.24) is 5.16 Å². The molecule has 5 rings (SSSR count). The normalized spacial score (nSPS) is 14.2. The van der Waals surface area contributed by atoms with Crippen molar-refractivity contribution in [3.05, 3.63) is 77.1 Å². The number of hydrogen-bond acceptors (Lipinski definition) is 9. The topological polar surface area (TPSA) is 128 Å². The maximum absolute atomic E-state index is 13.8. The van der Waals surface area contributed by atoms with Gasteiger partial charge in [0.25, 0.3) is 0 Å². The Morgan fingerprint density at radius 3 is 2.15 bits per heavy atom. The van der Waals surface area contributed by atoms with E-state index in [1.165, 1.54) is 38.5 Å². The molecular weight excluding hydrogens is 550 g/mol. The Bertz CT molecular complexity index is 1380. The highest BCUT2D eigenvalue weighted by Gasteiger charge is 2.36. The van der Waals surface area contributed by atoms with Crippen LogP contribution in [0.2, 0.25) is 0 Å². The number of rotatable bonds is 7. The lowest BCUT2D eigenvalue weighted by atomic mass is 10.0.